The summed E-state index contributed by atoms with van der Waals surface area (Å²) in [5.74, 6) is -0.314. The Balaban J connectivity index is 2.10. The molecular formula is C18H20N2O2S. The molecule has 23 heavy (non-hydrogen) atoms. The minimum atomic E-state index is -0.816. The number of hydrogen-bond donors (Lipinski definition) is 1. The lowest BCUT2D eigenvalue weighted by Gasteiger charge is -2.07. The van der Waals surface area contributed by atoms with E-state index in [2.05, 4.69) is 45.0 Å². The number of carbonyl (C=O) groups is 1. The Morgan fingerprint density at radius 1 is 1.30 bits per heavy atom. The van der Waals surface area contributed by atoms with E-state index >= 15 is 0 Å². The summed E-state index contributed by atoms with van der Waals surface area (Å²) in [5, 5.41) is 11.0. The van der Waals surface area contributed by atoms with Crippen LogP contribution in [-0.2, 0) is 17.6 Å². The molecule has 0 spiro atoms. The minimum Gasteiger partial charge on any atom is -0.481 e. The number of fused-ring (bicyclic) bond motifs is 1. The number of aliphatic carboxylic acids is 1. The minimum absolute atomic E-state index is 0.0229. The fourth-order valence-corrected chi connectivity index (χ4v) is 3.75. The zero-order valence-corrected chi connectivity index (χ0v) is 14.4. The van der Waals surface area contributed by atoms with Crippen molar-refractivity contribution in [1.29, 1.82) is 0 Å². The van der Waals surface area contributed by atoms with Crippen LogP contribution in [0.3, 0.4) is 0 Å². The van der Waals surface area contributed by atoms with Crippen molar-refractivity contribution >= 4 is 22.3 Å². The second kappa shape index (κ2) is 6.16. The van der Waals surface area contributed by atoms with Gasteiger partial charge in [0, 0.05) is 16.6 Å². The van der Waals surface area contributed by atoms with Gasteiger partial charge in [0.15, 0.2) is 4.96 Å². The molecule has 4 nitrogen and oxygen atoms in total. The fourth-order valence-electron chi connectivity index (χ4n) is 2.84. The molecule has 0 aliphatic rings. The maximum atomic E-state index is 11.1. The van der Waals surface area contributed by atoms with Crippen LogP contribution in [0.25, 0.3) is 16.2 Å². The van der Waals surface area contributed by atoms with Gasteiger partial charge in [0.05, 0.1) is 17.8 Å². The second-order valence-corrected chi connectivity index (χ2v) is 6.79. The highest BCUT2D eigenvalue weighted by Gasteiger charge is 2.18. The molecule has 0 saturated carbocycles. The Morgan fingerprint density at radius 3 is 2.57 bits per heavy atom. The molecule has 3 aromatic rings. The fraction of sp³-hybridized carbons (Fsp3) is 0.333. The van der Waals surface area contributed by atoms with Crippen LogP contribution in [0, 0.1) is 0 Å². The summed E-state index contributed by atoms with van der Waals surface area (Å²) in [5.41, 5.74) is 5.23. The van der Waals surface area contributed by atoms with Crippen molar-refractivity contribution in [2.45, 2.75) is 39.5 Å². The molecule has 2 heterocycles. The molecular weight excluding hydrogens is 308 g/mol. The average Bonchev–Trinajstić information content (AvgIpc) is 3.06. The highest BCUT2D eigenvalue weighted by atomic mass is 32.1. The summed E-state index contributed by atoms with van der Waals surface area (Å²) in [6.45, 7) is 6.44. The van der Waals surface area contributed by atoms with Crippen LogP contribution in [0.5, 0.6) is 0 Å². The third-order valence-electron chi connectivity index (χ3n) is 4.05. The van der Waals surface area contributed by atoms with Gasteiger partial charge < -0.3 is 5.11 Å². The van der Waals surface area contributed by atoms with Crippen LogP contribution < -0.4 is 0 Å². The second-order valence-electron chi connectivity index (χ2n) is 5.95. The number of carboxylic acids is 1. The average molecular weight is 328 g/mol. The number of hydrogen-bond acceptors (Lipinski definition) is 3. The Kier molecular flexibility index (Phi) is 4.22. The Labute approximate surface area is 139 Å². The lowest BCUT2D eigenvalue weighted by molar-refractivity contribution is -0.136. The zero-order chi connectivity index (χ0) is 16.6. The van der Waals surface area contributed by atoms with Crippen molar-refractivity contribution in [3.63, 3.8) is 0 Å². The molecule has 5 heteroatoms. The van der Waals surface area contributed by atoms with E-state index < -0.39 is 5.97 Å². The first kappa shape index (κ1) is 15.7. The number of rotatable bonds is 5. The number of aromatic nitrogens is 2. The van der Waals surface area contributed by atoms with Crippen LogP contribution >= 0.6 is 11.3 Å². The lowest BCUT2D eigenvalue weighted by Crippen LogP contribution is -2.04. The van der Waals surface area contributed by atoms with Crippen molar-refractivity contribution in [3.05, 3.63) is 46.6 Å². The molecule has 0 aliphatic heterocycles. The van der Waals surface area contributed by atoms with Crippen molar-refractivity contribution in [2.24, 2.45) is 0 Å². The summed E-state index contributed by atoms with van der Waals surface area (Å²) in [6.07, 6.45) is 0.834. The van der Waals surface area contributed by atoms with E-state index in [-0.39, 0.29) is 6.42 Å². The molecule has 0 radical (unpaired) electrons. The number of nitrogens with zero attached hydrogens (tertiary/aromatic N) is 2. The highest BCUT2D eigenvalue weighted by Crippen LogP contribution is 2.30. The number of imidazole rings is 1. The Hall–Kier alpha value is -2.14. The van der Waals surface area contributed by atoms with Gasteiger partial charge in [-0.2, -0.15) is 0 Å². The van der Waals surface area contributed by atoms with Crippen molar-refractivity contribution in [2.75, 3.05) is 0 Å². The highest BCUT2D eigenvalue weighted by molar-refractivity contribution is 7.15. The molecule has 2 aromatic heterocycles. The molecule has 0 bridgehead atoms. The normalized spacial score (nSPS) is 11.5. The van der Waals surface area contributed by atoms with Gasteiger partial charge in [0.1, 0.15) is 0 Å². The van der Waals surface area contributed by atoms with Crippen molar-refractivity contribution in [1.82, 2.24) is 9.38 Å². The van der Waals surface area contributed by atoms with E-state index in [1.807, 2.05) is 9.78 Å². The standard InChI is InChI=1S/C18H20N2O2S/c1-4-15-17(13-7-5-12(6-8-13)11(2)3)19-18-20(15)14(10-23-18)9-16(21)22/h5-8,10-11H,4,9H2,1-3H3,(H,21,22). The predicted molar refractivity (Wildman–Crippen MR) is 93.3 cm³/mol. The van der Waals surface area contributed by atoms with Crippen molar-refractivity contribution in [3.8, 4) is 11.3 Å². The third kappa shape index (κ3) is 2.88. The van der Waals surface area contributed by atoms with Gasteiger partial charge in [-0.1, -0.05) is 45.0 Å². The van der Waals surface area contributed by atoms with Crippen LogP contribution in [0.15, 0.2) is 29.6 Å². The summed E-state index contributed by atoms with van der Waals surface area (Å²) in [4.78, 5) is 16.7. The Bertz CT molecular complexity index is 844. The molecule has 1 N–H and O–H groups in total. The summed E-state index contributed by atoms with van der Waals surface area (Å²) >= 11 is 1.50. The Morgan fingerprint density at radius 2 is 2.00 bits per heavy atom. The molecule has 1 aromatic carbocycles. The number of carboxylic acid groups (broad SMARTS) is 1. The van der Waals surface area contributed by atoms with E-state index in [9.17, 15) is 4.79 Å². The van der Waals surface area contributed by atoms with Gasteiger partial charge in [-0.3, -0.25) is 9.20 Å². The number of benzene rings is 1. The predicted octanol–water partition coefficient (Wildman–Crippen LogP) is 4.38. The molecule has 0 atom stereocenters. The third-order valence-corrected chi connectivity index (χ3v) is 4.92. The smallest absolute Gasteiger partial charge is 0.309 e. The van der Waals surface area contributed by atoms with E-state index in [0.29, 0.717) is 5.92 Å². The zero-order valence-electron chi connectivity index (χ0n) is 13.5. The van der Waals surface area contributed by atoms with Gasteiger partial charge in [0.2, 0.25) is 0 Å². The quantitative estimate of drug-likeness (QED) is 0.756. The van der Waals surface area contributed by atoms with E-state index in [1.165, 1.54) is 16.9 Å². The maximum absolute atomic E-state index is 11.1. The molecule has 0 fully saturated rings. The van der Waals surface area contributed by atoms with E-state index in [0.717, 1.165) is 34.0 Å². The number of aryl methyl sites for hydroxylation is 1. The summed E-state index contributed by atoms with van der Waals surface area (Å²) < 4.78 is 2.00. The topological polar surface area (TPSA) is 54.6 Å². The van der Waals surface area contributed by atoms with Gasteiger partial charge in [-0.15, -0.1) is 11.3 Å². The van der Waals surface area contributed by atoms with Crippen molar-refractivity contribution < 1.29 is 9.90 Å². The first-order valence-electron chi connectivity index (χ1n) is 7.81. The first-order chi connectivity index (χ1) is 11.0. The SMILES string of the molecule is CCc1c(-c2ccc(C(C)C)cc2)nc2scc(CC(=O)O)n12. The first-order valence-corrected chi connectivity index (χ1v) is 8.69. The molecule has 0 amide bonds. The molecule has 3 rings (SSSR count). The van der Waals surface area contributed by atoms with Crippen LogP contribution in [0.2, 0.25) is 0 Å². The molecule has 0 unspecified atom stereocenters. The monoisotopic (exact) mass is 328 g/mol. The van der Waals surface area contributed by atoms with Gasteiger partial charge in [0.25, 0.3) is 0 Å². The largest absolute Gasteiger partial charge is 0.481 e. The number of thiazole rings is 1. The van der Waals surface area contributed by atoms with Gasteiger partial charge >= 0.3 is 5.97 Å². The molecule has 0 saturated heterocycles. The summed E-state index contributed by atoms with van der Waals surface area (Å²) in [7, 11) is 0. The van der Waals surface area contributed by atoms with Gasteiger partial charge in [-0.05, 0) is 17.9 Å². The molecule has 120 valence electrons. The van der Waals surface area contributed by atoms with Crippen LogP contribution in [-0.4, -0.2) is 20.5 Å². The van der Waals surface area contributed by atoms with Crippen LogP contribution in [0.4, 0.5) is 0 Å². The maximum Gasteiger partial charge on any atom is 0.309 e. The summed E-state index contributed by atoms with van der Waals surface area (Å²) in [6, 6.07) is 8.51. The van der Waals surface area contributed by atoms with Crippen LogP contribution in [0.1, 0.15) is 43.6 Å². The molecule has 0 aliphatic carbocycles. The lowest BCUT2D eigenvalue weighted by atomic mass is 10.00. The van der Waals surface area contributed by atoms with Gasteiger partial charge in [-0.25, -0.2) is 4.98 Å². The van der Waals surface area contributed by atoms with E-state index in [4.69, 9.17) is 10.1 Å². The van der Waals surface area contributed by atoms with E-state index in [1.54, 1.807) is 0 Å².